The van der Waals surface area contributed by atoms with E-state index >= 15 is 0 Å². The Bertz CT molecular complexity index is 1300. The molecule has 0 amide bonds. The quantitative estimate of drug-likeness (QED) is 0.260. The van der Waals surface area contributed by atoms with Crippen LogP contribution in [0.1, 0.15) is 5.56 Å². The van der Waals surface area contributed by atoms with Gasteiger partial charge in [0.25, 0.3) is 9.84 Å². The number of hydrogen-bond acceptors (Lipinski definition) is 8. The van der Waals surface area contributed by atoms with Crippen molar-refractivity contribution in [3.63, 3.8) is 0 Å². The van der Waals surface area contributed by atoms with Crippen LogP contribution in [0.25, 0.3) is 17.2 Å². The molecule has 2 heterocycles. The Morgan fingerprint density at radius 3 is 2.21 bits per heavy atom. The van der Waals surface area contributed by atoms with Crippen LogP contribution in [-0.4, -0.2) is 47.4 Å². The van der Waals surface area contributed by atoms with Crippen LogP contribution in [0.2, 0.25) is 10.0 Å². The third kappa shape index (κ3) is 4.49. The first-order valence-electron chi connectivity index (χ1n) is 8.03. The number of hydrogen-bond donors (Lipinski definition) is 0. The molecule has 0 atom stereocenters. The zero-order valence-corrected chi connectivity index (χ0v) is 17.9. The zero-order valence-electron chi connectivity index (χ0n) is 15.6. The molecule has 1 aromatic carbocycles. The van der Waals surface area contributed by atoms with Gasteiger partial charge < -0.3 is 9.26 Å². The number of nitrogens with zero attached hydrogens (tertiary/aromatic N) is 5. The third-order valence-corrected chi connectivity index (χ3v) is 5.90. The molecular weight excluding hydrogens is 531 g/mol. The van der Waals surface area contributed by atoms with Gasteiger partial charge >= 0.3 is 11.7 Å². The smallest absolute Gasteiger partial charge is 0.486 e. The molecule has 0 N–H and O–H groups in total. The van der Waals surface area contributed by atoms with Crippen LogP contribution in [0.5, 0.6) is 0 Å². The lowest BCUT2D eigenvalue weighted by atomic mass is 10.2. The number of sulfone groups is 1. The van der Waals surface area contributed by atoms with Crippen LogP contribution < -0.4 is 0 Å². The van der Waals surface area contributed by atoms with Crippen molar-refractivity contribution in [1.82, 2.24) is 19.9 Å². The summed E-state index contributed by atoms with van der Waals surface area (Å²) in [6, 6.07) is 0.834. The molecule has 0 spiro atoms. The molecule has 3 rings (SSSR count). The standard InChI is InChI=1S/C15H7Cl2F6N5O4S/c1-31-4-25-13-11(33(29,30)15(21,22)23)9(12-24-5-32-27-12)26-28(13)10-7(16)2-6(3-8(10)17)14(18,19)20/h2-5H,1H3. The lowest BCUT2D eigenvalue weighted by molar-refractivity contribution is -0.137. The highest BCUT2D eigenvalue weighted by Crippen LogP contribution is 2.45. The predicted octanol–water partition coefficient (Wildman–Crippen LogP) is 4.85. The molecule has 0 unspecified atom stereocenters. The average Bonchev–Trinajstić information content (AvgIpc) is 3.32. The van der Waals surface area contributed by atoms with Crippen LogP contribution in [0.4, 0.5) is 32.2 Å². The van der Waals surface area contributed by atoms with Gasteiger partial charge in [-0.2, -0.15) is 41.4 Å². The summed E-state index contributed by atoms with van der Waals surface area (Å²) in [5.41, 5.74) is -8.72. The first-order valence-corrected chi connectivity index (χ1v) is 10.3. The van der Waals surface area contributed by atoms with Gasteiger partial charge in [0.1, 0.15) is 5.69 Å². The zero-order chi connectivity index (χ0) is 24.8. The molecule has 33 heavy (non-hydrogen) atoms. The Labute approximate surface area is 189 Å². The second-order valence-electron chi connectivity index (χ2n) is 5.87. The topological polar surface area (TPSA) is 112 Å². The van der Waals surface area contributed by atoms with E-state index in [-0.39, 0.29) is 0 Å². The maximum Gasteiger partial charge on any atom is 0.502 e. The molecule has 0 aliphatic heterocycles. The summed E-state index contributed by atoms with van der Waals surface area (Å²) < 4.78 is 114. The van der Waals surface area contributed by atoms with Crippen molar-refractivity contribution in [2.75, 3.05) is 7.11 Å². The SMILES string of the molecule is COC=Nc1c(S(=O)(=O)C(F)(F)F)c(-c2ncon2)nn1-c1c(Cl)cc(C(F)(F)F)cc1Cl. The molecule has 0 radical (unpaired) electrons. The van der Waals surface area contributed by atoms with Crippen molar-refractivity contribution in [3.05, 3.63) is 34.1 Å². The van der Waals surface area contributed by atoms with E-state index < -0.39 is 65.0 Å². The van der Waals surface area contributed by atoms with Gasteiger partial charge in [0, 0.05) is 0 Å². The highest BCUT2D eigenvalue weighted by atomic mass is 35.5. The van der Waals surface area contributed by atoms with Crippen molar-refractivity contribution in [1.29, 1.82) is 0 Å². The van der Waals surface area contributed by atoms with E-state index in [0.717, 1.165) is 7.11 Å². The molecule has 0 saturated heterocycles. The van der Waals surface area contributed by atoms with Crippen molar-refractivity contribution in [3.8, 4) is 17.2 Å². The first kappa shape index (κ1) is 24.8. The van der Waals surface area contributed by atoms with Gasteiger partial charge in [-0.15, -0.1) is 0 Å². The number of aliphatic imine (C=N–C) groups is 1. The second-order valence-corrected chi connectivity index (χ2v) is 8.57. The maximum atomic E-state index is 13.4. The number of rotatable bonds is 5. The Morgan fingerprint density at radius 1 is 1.15 bits per heavy atom. The van der Waals surface area contributed by atoms with Crippen molar-refractivity contribution in [2.24, 2.45) is 4.99 Å². The van der Waals surface area contributed by atoms with E-state index in [1.54, 1.807) is 0 Å². The van der Waals surface area contributed by atoms with Crippen molar-refractivity contribution < 1.29 is 44.0 Å². The summed E-state index contributed by atoms with van der Waals surface area (Å²) in [4.78, 5) is 5.45. The van der Waals surface area contributed by atoms with E-state index in [2.05, 4.69) is 29.5 Å². The molecule has 3 aromatic rings. The average molecular weight is 538 g/mol. The predicted molar refractivity (Wildman–Crippen MR) is 100 cm³/mol. The normalized spacial score (nSPS) is 13.1. The lowest BCUT2D eigenvalue weighted by Gasteiger charge is -2.13. The van der Waals surface area contributed by atoms with Gasteiger partial charge in [-0.3, -0.25) is 0 Å². The molecule has 9 nitrogen and oxygen atoms in total. The van der Waals surface area contributed by atoms with E-state index in [1.807, 2.05) is 0 Å². The van der Waals surface area contributed by atoms with Gasteiger partial charge in [0.15, 0.2) is 22.8 Å². The molecule has 18 heteroatoms. The van der Waals surface area contributed by atoms with E-state index in [9.17, 15) is 34.8 Å². The Hall–Kier alpha value is -2.85. The van der Waals surface area contributed by atoms with Crippen molar-refractivity contribution >= 4 is 45.3 Å². The van der Waals surface area contributed by atoms with Crippen LogP contribution >= 0.6 is 23.2 Å². The van der Waals surface area contributed by atoms with Gasteiger partial charge in [0.2, 0.25) is 12.2 Å². The van der Waals surface area contributed by atoms with E-state index in [0.29, 0.717) is 29.6 Å². The summed E-state index contributed by atoms with van der Waals surface area (Å²) in [5.74, 6) is -1.76. The van der Waals surface area contributed by atoms with Crippen LogP contribution in [0.3, 0.4) is 0 Å². The molecule has 0 aliphatic carbocycles. The molecule has 0 saturated carbocycles. The van der Waals surface area contributed by atoms with Crippen LogP contribution in [0, 0.1) is 0 Å². The maximum absolute atomic E-state index is 13.4. The monoisotopic (exact) mass is 537 g/mol. The largest absolute Gasteiger partial charge is 0.502 e. The number of ether oxygens (including phenoxy) is 1. The fourth-order valence-corrected chi connectivity index (χ4v) is 4.13. The van der Waals surface area contributed by atoms with E-state index in [4.69, 9.17) is 23.2 Å². The minimum absolute atomic E-state index is 0.394. The first-order chi connectivity index (χ1) is 15.2. The summed E-state index contributed by atoms with van der Waals surface area (Å²) in [5, 5.41) is 5.50. The summed E-state index contributed by atoms with van der Waals surface area (Å²) in [6.07, 6.45) is -3.64. The summed E-state index contributed by atoms with van der Waals surface area (Å²) in [7, 11) is -5.14. The minimum atomic E-state index is -6.18. The summed E-state index contributed by atoms with van der Waals surface area (Å²) in [6.45, 7) is 0. The Balaban J connectivity index is 2.47. The molecule has 0 aliphatic rings. The van der Waals surface area contributed by atoms with E-state index in [1.165, 1.54) is 0 Å². The van der Waals surface area contributed by atoms with Gasteiger partial charge in [-0.1, -0.05) is 28.4 Å². The fraction of sp³-hybridized carbons (Fsp3) is 0.200. The molecule has 0 bridgehead atoms. The van der Waals surface area contributed by atoms with Crippen LogP contribution in [0.15, 0.2) is 32.9 Å². The van der Waals surface area contributed by atoms with Crippen LogP contribution in [-0.2, 0) is 20.8 Å². The second kappa shape index (κ2) is 8.49. The number of benzene rings is 1. The molecular formula is C15H7Cl2F6N5O4S. The molecule has 178 valence electrons. The number of alkyl halides is 6. The molecule has 2 aromatic heterocycles. The number of aromatic nitrogens is 4. The highest BCUT2D eigenvalue weighted by molar-refractivity contribution is 7.92. The number of halogens is 8. The highest BCUT2D eigenvalue weighted by Gasteiger charge is 2.52. The Kier molecular flexibility index (Phi) is 6.38. The minimum Gasteiger partial charge on any atom is -0.486 e. The summed E-state index contributed by atoms with van der Waals surface area (Å²) >= 11 is 11.8. The van der Waals surface area contributed by atoms with Crippen molar-refractivity contribution in [2.45, 2.75) is 16.6 Å². The van der Waals surface area contributed by atoms with Gasteiger partial charge in [-0.05, 0) is 12.1 Å². The third-order valence-electron chi connectivity index (χ3n) is 3.80. The van der Waals surface area contributed by atoms with Gasteiger partial charge in [0.05, 0.1) is 22.7 Å². The molecule has 0 fully saturated rings. The Morgan fingerprint density at radius 2 is 1.76 bits per heavy atom. The fourth-order valence-electron chi connectivity index (χ4n) is 2.48. The van der Waals surface area contributed by atoms with Gasteiger partial charge in [-0.25, -0.2) is 13.1 Å². The lowest BCUT2D eigenvalue weighted by Crippen LogP contribution is -2.23. The number of methoxy groups -OCH3 is 1.